The molecule has 3 atom stereocenters. The summed E-state index contributed by atoms with van der Waals surface area (Å²) in [6.45, 7) is 0.266. The van der Waals surface area contributed by atoms with Gasteiger partial charge in [-0.2, -0.15) is 0 Å². The summed E-state index contributed by atoms with van der Waals surface area (Å²) < 4.78 is 6.48. The summed E-state index contributed by atoms with van der Waals surface area (Å²) >= 11 is 3.64. The van der Waals surface area contributed by atoms with E-state index in [2.05, 4.69) is 51.6 Å². The molecule has 3 aromatic carbocycles. The second-order valence-electron chi connectivity index (χ2n) is 7.12. The lowest BCUT2D eigenvalue weighted by molar-refractivity contribution is 0.134. The van der Waals surface area contributed by atoms with Crippen LogP contribution in [0.25, 0.3) is 0 Å². The van der Waals surface area contributed by atoms with Gasteiger partial charge in [0.15, 0.2) is 0 Å². The lowest BCUT2D eigenvalue weighted by Gasteiger charge is -2.21. The summed E-state index contributed by atoms with van der Waals surface area (Å²) in [5.74, 6) is 0.804. The van der Waals surface area contributed by atoms with Gasteiger partial charge in [-0.1, -0.05) is 94.8 Å². The van der Waals surface area contributed by atoms with Gasteiger partial charge in [0.05, 0.1) is 6.04 Å². The predicted octanol–water partition coefficient (Wildman–Crippen LogP) is 6.22. The summed E-state index contributed by atoms with van der Waals surface area (Å²) in [6.07, 6.45) is 0.665. The summed E-state index contributed by atoms with van der Waals surface area (Å²) in [5.41, 5.74) is 3.38. The minimum atomic E-state index is -0.386. The molecule has 1 aliphatic rings. The van der Waals surface area contributed by atoms with Crippen molar-refractivity contribution in [3.63, 3.8) is 0 Å². The van der Waals surface area contributed by atoms with Crippen LogP contribution in [0.15, 0.2) is 89.4 Å². The molecular weight excluding hydrogens is 414 g/mol. The third-order valence-electron chi connectivity index (χ3n) is 5.22. The summed E-state index contributed by atoms with van der Waals surface area (Å²) in [5, 5.41) is 3.11. The minimum Gasteiger partial charge on any atom is -0.445 e. The maximum atomic E-state index is 12.5. The maximum absolute atomic E-state index is 12.5. The SMILES string of the molecule is O=C(NC(c1ccccc1Br)[C@@H]1C[C@@H]1c1ccccc1)OCc1ccccc1. The number of carbonyl (C=O) groups is 1. The molecule has 1 saturated carbocycles. The van der Waals surface area contributed by atoms with E-state index < -0.39 is 0 Å². The van der Waals surface area contributed by atoms with Crippen molar-refractivity contribution in [1.82, 2.24) is 5.32 Å². The zero-order chi connectivity index (χ0) is 19.3. The van der Waals surface area contributed by atoms with Gasteiger partial charge in [0.25, 0.3) is 0 Å². The van der Waals surface area contributed by atoms with Crippen LogP contribution in [0, 0.1) is 5.92 Å². The monoisotopic (exact) mass is 435 g/mol. The second-order valence-corrected chi connectivity index (χ2v) is 7.98. The van der Waals surface area contributed by atoms with Gasteiger partial charge >= 0.3 is 6.09 Å². The number of ether oxygens (including phenoxy) is 1. The molecule has 0 aromatic heterocycles. The zero-order valence-corrected chi connectivity index (χ0v) is 17.0. The molecule has 0 radical (unpaired) electrons. The van der Waals surface area contributed by atoms with Crippen molar-refractivity contribution in [3.05, 3.63) is 106 Å². The van der Waals surface area contributed by atoms with Crippen LogP contribution in [-0.2, 0) is 11.3 Å². The average Bonchev–Trinajstić information content (AvgIpc) is 3.53. The lowest BCUT2D eigenvalue weighted by Crippen LogP contribution is -2.31. The molecule has 0 bridgehead atoms. The highest BCUT2D eigenvalue weighted by molar-refractivity contribution is 9.10. The van der Waals surface area contributed by atoms with E-state index in [1.54, 1.807) is 0 Å². The third kappa shape index (κ3) is 4.45. The molecular formula is C24H22BrNO2. The van der Waals surface area contributed by atoms with Crippen LogP contribution < -0.4 is 5.32 Å². The highest BCUT2D eigenvalue weighted by Gasteiger charge is 2.45. The number of hydrogen-bond acceptors (Lipinski definition) is 2. The van der Waals surface area contributed by atoms with E-state index in [0.717, 1.165) is 22.0 Å². The summed E-state index contributed by atoms with van der Waals surface area (Å²) in [6, 6.07) is 28.2. The fourth-order valence-electron chi connectivity index (χ4n) is 3.70. The van der Waals surface area contributed by atoms with E-state index in [9.17, 15) is 4.79 Å². The highest BCUT2D eigenvalue weighted by atomic mass is 79.9. The van der Waals surface area contributed by atoms with Crippen molar-refractivity contribution in [2.24, 2.45) is 5.92 Å². The topological polar surface area (TPSA) is 38.3 Å². The first-order chi connectivity index (χ1) is 13.7. The number of nitrogens with one attached hydrogen (secondary N) is 1. The molecule has 3 nitrogen and oxygen atoms in total. The number of benzene rings is 3. The van der Waals surface area contributed by atoms with E-state index in [1.165, 1.54) is 5.56 Å². The Kier molecular flexibility index (Phi) is 5.77. The van der Waals surface area contributed by atoms with Crippen LogP contribution in [0.1, 0.15) is 35.1 Å². The van der Waals surface area contributed by atoms with E-state index >= 15 is 0 Å². The first-order valence-electron chi connectivity index (χ1n) is 9.49. The van der Waals surface area contributed by atoms with Crippen LogP contribution in [0.2, 0.25) is 0 Å². The number of carbonyl (C=O) groups excluding carboxylic acids is 1. The van der Waals surface area contributed by atoms with Crippen LogP contribution in [0.5, 0.6) is 0 Å². The Bertz CT molecular complexity index is 930. The largest absolute Gasteiger partial charge is 0.445 e. The van der Waals surface area contributed by atoms with Gasteiger partial charge in [0, 0.05) is 4.47 Å². The van der Waals surface area contributed by atoms with Crippen LogP contribution >= 0.6 is 15.9 Å². The molecule has 1 fully saturated rings. The maximum Gasteiger partial charge on any atom is 0.407 e. The number of alkyl carbamates (subject to hydrolysis) is 1. The van der Waals surface area contributed by atoms with Crippen molar-refractivity contribution in [3.8, 4) is 0 Å². The summed E-state index contributed by atoms with van der Waals surface area (Å²) in [4.78, 5) is 12.5. The average molecular weight is 436 g/mol. The minimum absolute atomic E-state index is 0.0935. The molecule has 0 spiro atoms. The van der Waals surface area contributed by atoms with Crippen molar-refractivity contribution < 1.29 is 9.53 Å². The molecule has 1 unspecified atom stereocenters. The van der Waals surface area contributed by atoms with Crippen molar-refractivity contribution in [2.45, 2.75) is 25.0 Å². The van der Waals surface area contributed by atoms with Crippen molar-refractivity contribution in [1.29, 1.82) is 0 Å². The first-order valence-corrected chi connectivity index (χ1v) is 10.3. The second kappa shape index (κ2) is 8.61. The van der Waals surface area contributed by atoms with E-state index in [0.29, 0.717) is 11.8 Å². The van der Waals surface area contributed by atoms with Crippen molar-refractivity contribution in [2.75, 3.05) is 0 Å². The van der Waals surface area contributed by atoms with E-state index in [-0.39, 0.29) is 18.7 Å². The molecule has 28 heavy (non-hydrogen) atoms. The Balaban J connectivity index is 1.48. The molecule has 3 aromatic rings. The molecule has 0 heterocycles. The Morgan fingerprint density at radius 2 is 1.61 bits per heavy atom. The van der Waals surface area contributed by atoms with Crippen LogP contribution in [0.3, 0.4) is 0 Å². The molecule has 4 rings (SSSR count). The zero-order valence-electron chi connectivity index (χ0n) is 15.4. The van der Waals surface area contributed by atoms with Gasteiger partial charge in [-0.05, 0) is 41.0 Å². The molecule has 0 aliphatic heterocycles. The van der Waals surface area contributed by atoms with Crippen molar-refractivity contribution >= 4 is 22.0 Å². The van der Waals surface area contributed by atoms with Gasteiger partial charge in [-0.15, -0.1) is 0 Å². The van der Waals surface area contributed by atoms with Gasteiger partial charge in [-0.25, -0.2) is 4.79 Å². The Morgan fingerprint density at radius 3 is 2.32 bits per heavy atom. The molecule has 1 N–H and O–H groups in total. The molecule has 1 amide bonds. The van der Waals surface area contributed by atoms with Crippen LogP contribution in [-0.4, -0.2) is 6.09 Å². The highest BCUT2D eigenvalue weighted by Crippen LogP contribution is 2.54. The van der Waals surface area contributed by atoms with E-state index in [4.69, 9.17) is 4.74 Å². The van der Waals surface area contributed by atoms with Crippen LogP contribution in [0.4, 0.5) is 4.79 Å². The first kappa shape index (κ1) is 18.8. The number of hydrogen-bond donors (Lipinski definition) is 1. The smallest absolute Gasteiger partial charge is 0.407 e. The van der Waals surface area contributed by atoms with E-state index in [1.807, 2.05) is 54.6 Å². The lowest BCUT2D eigenvalue weighted by atomic mass is 9.99. The number of rotatable bonds is 6. The normalized spacial score (nSPS) is 18.9. The fraction of sp³-hybridized carbons (Fsp3) is 0.208. The summed E-state index contributed by atoms with van der Waals surface area (Å²) in [7, 11) is 0. The number of halogens is 1. The standard InChI is InChI=1S/C24H22BrNO2/c25-22-14-8-7-13-19(22)23(21-15-20(21)18-11-5-2-6-12-18)26-24(27)28-16-17-9-3-1-4-10-17/h1-14,20-21,23H,15-16H2,(H,26,27)/t20-,21-,23?/m1/s1. The fourth-order valence-corrected chi connectivity index (χ4v) is 4.23. The molecule has 0 saturated heterocycles. The predicted molar refractivity (Wildman–Crippen MR) is 114 cm³/mol. The molecule has 142 valence electrons. The Hall–Kier alpha value is -2.59. The van der Waals surface area contributed by atoms with Gasteiger partial charge in [-0.3, -0.25) is 0 Å². The quantitative estimate of drug-likeness (QED) is 0.498. The van der Waals surface area contributed by atoms with Gasteiger partial charge in [0.2, 0.25) is 0 Å². The third-order valence-corrected chi connectivity index (χ3v) is 5.94. The van der Waals surface area contributed by atoms with Gasteiger partial charge < -0.3 is 10.1 Å². The van der Waals surface area contributed by atoms with Gasteiger partial charge in [0.1, 0.15) is 6.61 Å². The molecule has 1 aliphatic carbocycles. The number of amides is 1. The Labute approximate surface area is 173 Å². The molecule has 4 heteroatoms. The Morgan fingerprint density at radius 1 is 0.964 bits per heavy atom.